The lowest BCUT2D eigenvalue weighted by Gasteiger charge is -2.13. The average Bonchev–Trinajstić information content (AvgIpc) is 2.13. The number of nitrogens with one attached hydrogen (secondary N) is 1. The second kappa shape index (κ2) is 6.70. The van der Waals surface area contributed by atoms with E-state index in [-0.39, 0.29) is 17.6 Å². The fourth-order valence-electron chi connectivity index (χ4n) is 0.900. The zero-order valence-corrected chi connectivity index (χ0v) is 9.38. The van der Waals surface area contributed by atoms with Crippen molar-refractivity contribution in [1.29, 1.82) is 0 Å². The highest BCUT2D eigenvalue weighted by Crippen LogP contribution is 2.05. The van der Waals surface area contributed by atoms with E-state index in [9.17, 15) is 9.59 Å². The lowest BCUT2D eigenvalue weighted by atomic mass is 10.0. The van der Waals surface area contributed by atoms with Gasteiger partial charge in [0.05, 0.1) is 0 Å². The standard InChI is InChI=1S/C9H17NO3S/c1-3-6(2)4-8(11)10-7(5-14)9(12)13/h6-7,14H,3-5H2,1-2H3,(H,10,11)(H,12,13). The fraction of sp³-hybridized carbons (Fsp3) is 0.778. The zero-order chi connectivity index (χ0) is 11.1. The van der Waals surface area contributed by atoms with Gasteiger partial charge in [0.1, 0.15) is 6.04 Å². The third kappa shape index (κ3) is 5.11. The SMILES string of the molecule is CCC(C)CC(=O)NC(CS)C(=O)O. The minimum atomic E-state index is -1.04. The summed E-state index contributed by atoms with van der Waals surface area (Å²) in [4.78, 5) is 21.8. The average molecular weight is 219 g/mol. The number of hydrogen-bond donors (Lipinski definition) is 3. The summed E-state index contributed by atoms with van der Waals surface area (Å²) < 4.78 is 0. The molecule has 2 unspecified atom stereocenters. The van der Waals surface area contributed by atoms with Crippen LogP contribution in [-0.2, 0) is 9.59 Å². The summed E-state index contributed by atoms with van der Waals surface area (Å²) >= 11 is 3.85. The lowest BCUT2D eigenvalue weighted by Crippen LogP contribution is -2.42. The van der Waals surface area contributed by atoms with E-state index < -0.39 is 12.0 Å². The molecule has 82 valence electrons. The lowest BCUT2D eigenvalue weighted by molar-refractivity contribution is -0.141. The van der Waals surface area contributed by atoms with Crippen LogP contribution in [0.15, 0.2) is 0 Å². The van der Waals surface area contributed by atoms with E-state index in [1.807, 2.05) is 13.8 Å². The van der Waals surface area contributed by atoms with Gasteiger partial charge in [0.2, 0.25) is 5.91 Å². The molecule has 2 N–H and O–H groups in total. The molecule has 1 amide bonds. The molecule has 0 fully saturated rings. The van der Waals surface area contributed by atoms with Crippen LogP contribution in [-0.4, -0.2) is 28.8 Å². The molecule has 0 radical (unpaired) electrons. The first-order valence-electron chi connectivity index (χ1n) is 4.64. The second-order valence-corrected chi connectivity index (χ2v) is 3.72. The number of thiol groups is 1. The van der Waals surface area contributed by atoms with Gasteiger partial charge in [-0.1, -0.05) is 20.3 Å². The number of amides is 1. The van der Waals surface area contributed by atoms with Crippen molar-refractivity contribution in [2.24, 2.45) is 5.92 Å². The maximum Gasteiger partial charge on any atom is 0.327 e. The van der Waals surface area contributed by atoms with E-state index in [2.05, 4.69) is 17.9 Å². The van der Waals surface area contributed by atoms with Crippen LogP contribution in [0.25, 0.3) is 0 Å². The van der Waals surface area contributed by atoms with E-state index in [4.69, 9.17) is 5.11 Å². The Morgan fingerprint density at radius 2 is 2.07 bits per heavy atom. The van der Waals surface area contributed by atoms with Crippen molar-refractivity contribution in [2.45, 2.75) is 32.7 Å². The smallest absolute Gasteiger partial charge is 0.327 e. The summed E-state index contributed by atoms with van der Waals surface area (Å²) in [5.74, 6) is -0.871. The number of carbonyl (C=O) groups excluding carboxylic acids is 1. The highest BCUT2D eigenvalue weighted by Gasteiger charge is 2.18. The topological polar surface area (TPSA) is 66.4 Å². The summed E-state index contributed by atoms with van der Waals surface area (Å²) in [6, 6.07) is -0.880. The van der Waals surface area contributed by atoms with Crippen molar-refractivity contribution in [2.75, 3.05) is 5.75 Å². The van der Waals surface area contributed by atoms with Crippen LogP contribution >= 0.6 is 12.6 Å². The molecular formula is C9H17NO3S. The summed E-state index contributed by atoms with van der Waals surface area (Å²) in [5, 5.41) is 11.1. The van der Waals surface area contributed by atoms with Crippen LogP contribution in [0.4, 0.5) is 0 Å². The highest BCUT2D eigenvalue weighted by molar-refractivity contribution is 7.80. The van der Waals surface area contributed by atoms with Crippen LogP contribution < -0.4 is 5.32 Å². The summed E-state index contributed by atoms with van der Waals surface area (Å²) in [6.45, 7) is 3.95. The molecule has 0 rings (SSSR count). The Balaban J connectivity index is 3.97. The molecule has 0 heterocycles. The van der Waals surface area contributed by atoms with E-state index in [0.717, 1.165) is 6.42 Å². The van der Waals surface area contributed by atoms with Gasteiger partial charge in [0.15, 0.2) is 0 Å². The van der Waals surface area contributed by atoms with Crippen LogP contribution in [0.2, 0.25) is 0 Å². The Hall–Kier alpha value is -0.710. The third-order valence-electron chi connectivity index (χ3n) is 2.05. The van der Waals surface area contributed by atoms with Gasteiger partial charge in [-0.25, -0.2) is 4.79 Å². The Morgan fingerprint density at radius 1 is 1.50 bits per heavy atom. The predicted octanol–water partition coefficient (Wildman–Crippen LogP) is 0.922. The van der Waals surface area contributed by atoms with Gasteiger partial charge in [-0.05, 0) is 5.92 Å². The van der Waals surface area contributed by atoms with Crippen LogP contribution in [0, 0.1) is 5.92 Å². The second-order valence-electron chi connectivity index (χ2n) is 3.36. The Morgan fingerprint density at radius 3 is 2.43 bits per heavy atom. The Bertz CT molecular complexity index is 208. The predicted molar refractivity (Wildman–Crippen MR) is 57.5 cm³/mol. The van der Waals surface area contributed by atoms with Gasteiger partial charge >= 0.3 is 5.97 Å². The van der Waals surface area contributed by atoms with Crippen LogP contribution in [0.1, 0.15) is 26.7 Å². The molecule has 5 heteroatoms. The summed E-state index contributed by atoms with van der Waals surface area (Å²) in [7, 11) is 0. The first kappa shape index (κ1) is 13.3. The normalized spacial score (nSPS) is 14.5. The highest BCUT2D eigenvalue weighted by atomic mass is 32.1. The monoisotopic (exact) mass is 219 g/mol. The number of rotatable bonds is 6. The minimum absolute atomic E-state index is 0.113. The van der Waals surface area contributed by atoms with Crippen LogP contribution in [0.5, 0.6) is 0 Å². The number of carbonyl (C=O) groups is 2. The van der Waals surface area contributed by atoms with Crippen molar-refractivity contribution < 1.29 is 14.7 Å². The molecular weight excluding hydrogens is 202 g/mol. The fourth-order valence-corrected chi connectivity index (χ4v) is 1.15. The molecule has 0 bridgehead atoms. The molecule has 0 aromatic heterocycles. The quantitative estimate of drug-likeness (QED) is 0.582. The largest absolute Gasteiger partial charge is 0.480 e. The van der Waals surface area contributed by atoms with Gasteiger partial charge < -0.3 is 10.4 Å². The third-order valence-corrected chi connectivity index (χ3v) is 2.41. The number of hydrogen-bond acceptors (Lipinski definition) is 3. The molecule has 0 aliphatic rings. The van der Waals surface area contributed by atoms with Crippen molar-refractivity contribution in [3.05, 3.63) is 0 Å². The van der Waals surface area contributed by atoms with Crippen molar-refractivity contribution in [1.82, 2.24) is 5.32 Å². The maximum absolute atomic E-state index is 11.3. The van der Waals surface area contributed by atoms with E-state index >= 15 is 0 Å². The first-order valence-corrected chi connectivity index (χ1v) is 5.27. The van der Waals surface area contributed by atoms with E-state index in [1.54, 1.807) is 0 Å². The van der Waals surface area contributed by atoms with Gasteiger partial charge in [0, 0.05) is 12.2 Å². The molecule has 14 heavy (non-hydrogen) atoms. The molecule has 4 nitrogen and oxygen atoms in total. The van der Waals surface area contributed by atoms with Gasteiger partial charge in [0.25, 0.3) is 0 Å². The number of carboxylic acids is 1. The molecule has 0 aliphatic carbocycles. The molecule has 0 aliphatic heterocycles. The first-order chi connectivity index (χ1) is 6.51. The summed E-state index contributed by atoms with van der Waals surface area (Å²) in [5.41, 5.74) is 0. The van der Waals surface area contributed by atoms with Crippen molar-refractivity contribution in [3.63, 3.8) is 0 Å². The van der Waals surface area contributed by atoms with Crippen molar-refractivity contribution >= 4 is 24.5 Å². The minimum Gasteiger partial charge on any atom is -0.480 e. The van der Waals surface area contributed by atoms with E-state index in [0.29, 0.717) is 6.42 Å². The number of aliphatic carboxylic acids is 1. The van der Waals surface area contributed by atoms with E-state index in [1.165, 1.54) is 0 Å². The molecule has 0 aromatic carbocycles. The summed E-state index contributed by atoms with van der Waals surface area (Å²) in [6.07, 6.45) is 1.28. The van der Waals surface area contributed by atoms with Crippen LogP contribution in [0.3, 0.4) is 0 Å². The Labute approximate surface area is 89.5 Å². The van der Waals surface area contributed by atoms with Gasteiger partial charge in [-0.2, -0.15) is 12.6 Å². The molecule has 0 aromatic rings. The van der Waals surface area contributed by atoms with Gasteiger partial charge in [-0.3, -0.25) is 4.79 Å². The number of carboxylic acid groups (broad SMARTS) is 1. The molecule has 0 saturated heterocycles. The molecule has 2 atom stereocenters. The zero-order valence-electron chi connectivity index (χ0n) is 8.49. The van der Waals surface area contributed by atoms with Crippen molar-refractivity contribution in [3.8, 4) is 0 Å². The Kier molecular flexibility index (Phi) is 6.36. The molecule has 0 spiro atoms. The molecule has 0 saturated carbocycles. The maximum atomic E-state index is 11.3. The van der Waals surface area contributed by atoms with Gasteiger partial charge in [-0.15, -0.1) is 0 Å².